The van der Waals surface area contributed by atoms with Crippen LogP contribution in [0.1, 0.15) is 15.9 Å². The summed E-state index contributed by atoms with van der Waals surface area (Å²) < 4.78 is 37.5. The van der Waals surface area contributed by atoms with Crippen molar-refractivity contribution >= 4 is 23.2 Å². The van der Waals surface area contributed by atoms with Gasteiger partial charge < -0.3 is 21.5 Å². The topological polar surface area (TPSA) is 104 Å². The molecule has 0 aliphatic heterocycles. The maximum Gasteiger partial charge on any atom is 0.434 e. The first kappa shape index (κ1) is 23.4. The molecule has 0 atom stereocenters. The maximum atomic E-state index is 12.5. The maximum absolute atomic E-state index is 12.5. The van der Waals surface area contributed by atoms with E-state index in [0.717, 1.165) is 22.4 Å². The molecule has 0 radical (unpaired) electrons. The molecule has 2 amide bonds. The third-order valence-corrected chi connectivity index (χ3v) is 4.79. The van der Waals surface area contributed by atoms with Gasteiger partial charge in [-0.15, -0.1) is 0 Å². The van der Waals surface area contributed by atoms with Crippen molar-refractivity contribution in [1.82, 2.24) is 0 Å². The van der Waals surface area contributed by atoms with Crippen molar-refractivity contribution in [3.63, 3.8) is 0 Å². The van der Waals surface area contributed by atoms with Crippen molar-refractivity contribution in [2.75, 3.05) is 10.6 Å². The summed E-state index contributed by atoms with van der Waals surface area (Å²) in [6.45, 7) is 1.90. The molecule has 9 heteroatoms. The van der Waals surface area contributed by atoms with Crippen molar-refractivity contribution in [3.8, 4) is 11.1 Å². The molecule has 3 aromatic carbocycles. The van der Waals surface area contributed by atoms with Gasteiger partial charge in [-0.3, -0.25) is 9.59 Å². The molecule has 5 N–H and O–H groups in total. The molecule has 0 bridgehead atoms. The zero-order chi connectivity index (χ0) is 24.2. The molecule has 0 unspecified atom stereocenters. The first-order valence-corrected chi connectivity index (χ1v) is 9.71. The van der Waals surface area contributed by atoms with Gasteiger partial charge in [0.25, 0.3) is 11.8 Å². The van der Waals surface area contributed by atoms with Gasteiger partial charge in [0.15, 0.2) is 5.70 Å². The van der Waals surface area contributed by atoms with Gasteiger partial charge in [0.1, 0.15) is 0 Å². The molecule has 33 heavy (non-hydrogen) atoms. The number of rotatable bonds is 5. The number of hydrogen-bond acceptors (Lipinski definition) is 4. The van der Waals surface area contributed by atoms with Gasteiger partial charge in [0, 0.05) is 16.9 Å². The molecule has 6 nitrogen and oxygen atoms in total. The molecule has 3 rings (SSSR count). The Morgan fingerprint density at radius 3 is 1.94 bits per heavy atom. The third-order valence-electron chi connectivity index (χ3n) is 4.79. The number of anilines is 2. The van der Waals surface area contributed by atoms with E-state index < -0.39 is 23.5 Å². The Labute approximate surface area is 187 Å². The largest absolute Gasteiger partial charge is 0.502 e. The minimum absolute atomic E-state index is 0.166. The lowest BCUT2D eigenvalue weighted by Crippen LogP contribution is -2.27. The SMILES string of the molecule is Cc1ccccc1NC(=O)c1ccc(-c2ccc(NC(=O)/C(O)=C(/N)C(F)(F)F)cc2)cc1. The Morgan fingerprint density at radius 2 is 1.39 bits per heavy atom. The number of allylic oxidation sites excluding steroid dienone is 1. The minimum atomic E-state index is -5.02. The van der Waals surface area contributed by atoms with E-state index in [1.54, 1.807) is 36.4 Å². The second-order valence-corrected chi connectivity index (χ2v) is 7.14. The van der Waals surface area contributed by atoms with Crippen molar-refractivity contribution in [1.29, 1.82) is 0 Å². The van der Waals surface area contributed by atoms with Crippen LogP contribution in [0.4, 0.5) is 24.5 Å². The summed E-state index contributed by atoms with van der Waals surface area (Å²) in [6.07, 6.45) is -5.02. The summed E-state index contributed by atoms with van der Waals surface area (Å²) in [5.41, 5.74) is 6.70. The molecule has 0 aromatic heterocycles. The van der Waals surface area contributed by atoms with Crippen LogP contribution in [-0.4, -0.2) is 23.1 Å². The van der Waals surface area contributed by atoms with E-state index in [-0.39, 0.29) is 11.6 Å². The highest BCUT2D eigenvalue weighted by atomic mass is 19.4. The lowest BCUT2D eigenvalue weighted by molar-refractivity contribution is -0.118. The van der Waals surface area contributed by atoms with Crippen LogP contribution in [0.2, 0.25) is 0 Å². The minimum Gasteiger partial charge on any atom is -0.502 e. The Balaban J connectivity index is 1.68. The van der Waals surface area contributed by atoms with Gasteiger partial charge in [0.05, 0.1) is 0 Å². The van der Waals surface area contributed by atoms with E-state index in [0.29, 0.717) is 5.56 Å². The second kappa shape index (κ2) is 9.47. The van der Waals surface area contributed by atoms with Crippen LogP contribution in [-0.2, 0) is 4.79 Å². The Morgan fingerprint density at radius 1 is 0.848 bits per heavy atom. The van der Waals surface area contributed by atoms with Crippen LogP contribution >= 0.6 is 0 Å². The molecular formula is C24H20F3N3O3. The highest BCUT2D eigenvalue weighted by Crippen LogP contribution is 2.25. The lowest BCUT2D eigenvalue weighted by atomic mass is 10.0. The van der Waals surface area contributed by atoms with E-state index in [2.05, 4.69) is 10.6 Å². The normalized spacial score (nSPS) is 12.0. The highest BCUT2D eigenvalue weighted by molar-refractivity contribution is 6.05. The molecule has 0 spiro atoms. The second-order valence-electron chi connectivity index (χ2n) is 7.14. The number of nitrogens with one attached hydrogen (secondary N) is 2. The number of nitrogens with two attached hydrogens (primary N) is 1. The standard InChI is InChI=1S/C24H20F3N3O3/c1-14-4-2-3-5-19(14)30-22(32)17-8-6-15(7-9-17)16-10-12-18(13-11-16)29-23(33)20(31)21(28)24(25,26)27/h2-13,31H,28H2,1H3,(H,29,33)(H,30,32)/b21-20-. The van der Waals surface area contributed by atoms with Gasteiger partial charge in [0.2, 0.25) is 5.76 Å². The molecule has 0 heterocycles. The Hall–Kier alpha value is -4.27. The number of aryl methyl sites for hydroxylation is 1. The summed E-state index contributed by atoms with van der Waals surface area (Å²) >= 11 is 0. The van der Waals surface area contributed by atoms with Gasteiger partial charge in [-0.05, 0) is 53.9 Å². The number of halogens is 3. The first-order chi connectivity index (χ1) is 15.6. The van der Waals surface area contributed by atoms with Gasteiger partial charge >= 0.3 is 6.18 Å². The number of aliphatic hydroxyl groups excluding tert-OH is 1. The fourth-order valence-electron chi connectivity index (χ4n) is 2.91. The number of benzene rings is 3. The summed E-state index contributed by atoms with van der Waals surface area (Å²) in [7, 11) is 0. The summed E-state index contributed by atoms with van der Waals surface area (Å²) in [5.74, 6) is -3.23. The highest BCUT2D eigenvalue weighted by Gasteiger charge is 2.36. The smallest absolute Gasteiger partial charge is 0.434 e. The molecular weight excluding hydrogens is 435 g/mol. The predicted molar refractivity (Wildman–Crippen MR) is 120 cm³/mol. The monoisotopic (exact) mass is 455 g/mol. The zero-order valence-electron chi connectivity index (χ0n) is 17.4. The zero-order valence-corrected chi connectivity index (χ0v) is 17.4. The van der Waals surface area contributed by atoms with E-state index in [1.807, 2.05) is 31.2 Å². The number of amides is 2. The number of carbonyl (C=O) groups is 2. The van der Waals surface area contributed by atoms with Crippen molar-refractivity contribution in [2.24, 2.45) is 5.73 Å². The van der Waals surface area contributed by atoms with E-state index in [4.69, 9.17) is 5.73 Å². The van der Waals surface area contributed by atoms with Crippen LogP contribution in [0.25, 0.3) is 11.1 Å². The van der Waals surface area contributed by atoms with Crippen molar-refractivity contribution < 1.29 is 27.9 Å². The van der Waals surface area contributed by atoms with Crippen LogP contribution < -0.4 is 16.4 Å². The predicted octanol–water partition coefficient (Wildman–Crippen LogP) is 5.14. The molecule has 0 saturated heterocycles. The van der Waals surface area contributed by atoms with Crippen LogP contribution in [0.15, 0.2) is 84.3 Å². The van der Waals surface area contributed by atoms with Crippen LogP contribution in [0.5, 0.6) is 0 Å². The number of alkyl halides is 3. The van der Waals surface area contributed by atoms with Crippen LogP contribution in [0, 0.1) is 6.92 Å². The molecule has 170 valence electrons. The fourth-order valence-corrected chi connectivity index (χ4v) is 2.91. The summed E-state index contributed by atoms with van der Waals surface area (Å²) in [4.78, 5) is 24.2. The van der Waals surface area contributed by atoms with Gasteiger partial charge in [-0.25, -0.2) is 0 Å². The molecule has 0 aliphatic rings. The lowest BCUT2D eigenvalue weighted by Gasteiger charge is -2.11. The number of aliphatic hydroxyl groups is 1. The Bertz CT molecular complexity index is 1200. The molecule has 3 aromatic rings. The van der Waals surface area contributed by atoms with E-state index >= 15 is 0 Å². The third kappa shape index (κ3) is 5.70. The quantitative estimate of drug-likeness (QED) is 0.316. The number of para-hydroxylation sites is 1. The average Bonchev–Trinajstić information content (AvgIpc) is 2.79. The number of carbonyl (C=O) groups excluding carboxylic acids is 2. The van der Waals surface area contributed by atoms with Gasteiger partial charge in [-0.2, -0.15) is 13.2 Å². The first-order valence-electron chi connectivity index (χ1n) is 9.71. The van der Waals surface area contributed by atoms with Gasteiger partial charge in [-0.1, -0.05) is 42.5 Å². The average molecular weight is 455 g/mol. The molecule has 0 aliphatic carbocycles. The summed E-state index contributed by atoms with van der Waals surface area (Å²) in [6, 6.07) is 20.4. The number of hydrogen-bond donors (Lipinski definition) is 4. The van der Waals surface area contributed by atoms with Crippen molar-refractivity contribution in [3.05, 3.63) is 95.4 Å². The fraction of sp³-hybridized carbons (Fsp3) is 0.0833. The molecule has 0 fully saturated rings. The van der Waals surface area contributed by atoms with Crippen LogP contribution in [0.3, 0.4) is 0 Å². The van der Waals surface area contributed by atoms with Crippen molar-refractivity contribution in [2.45, 2.75) is 13.1 Å². The van der Waals surface area contributed by atoms with E-state index in [1.165, 1.54) is 12.1 Å². The molecule has 0 saturated carbocycles. The van der Waals surface area contributed by atoms with E-state index in [9.17, 15) is 27.9 Å². The Kier molecular flexibility index (Phi) is 6.72. The summed E-state index contributed by atoms with van der Waals surface area (Å²) in [5, 5.41) is 14.4.